The molecule has 0 radical (unpaired) electrons. The molecule has 0 spiro atoms. The molecule has 7 N–H and O–H groups in total. The Labute approximate surface area is 134 Å². The molecule has 1 amide bonds. The molecule has 22 heavy (non-hydrogen) atoms. The average Bonchev–Trinajstić information content (AvgIpc) is 2.42. The minimum atomic E-state index is -1.17. The number of halogens is 1. The molecule has 2 atom stereocenters. The molecular weight excluding hydrogens is 312 g/mol. The Bertz CT molecular complexity index is 524. The SMILES string of the molecule is CCC[C@H]([NH3+])C(=O)N[C@@H](Cc1ccc(O)c(O)c1)C(=O)O.[Cl-]. The summed E-state index contributed by atoms with van der Waals surface area (Å²) >= 11 is 0. The van der Waals surface area contributed by atoms with E-state index in [1.54, 1.807) is 0 Å². The van der Waals surface area contributed by atoms with Gasteiger partial charge in [0, 0.05) is 12.8 Å². The highest BCUT2D eigenvalue weighted by atomic mass is 35.5. The summed E-state index contributed by atoms with van der Waals surface area (Å²) in [5, 5.41) is 30.2. The Morgan fingerprint density at radius 1 is 1.27 bits per heavy atom. The third kappa shape index (κ3) is 5.79. The average molecular weight is 333 g/mol. The second kappa shape index (κ2) is 9.11. The predicted molar refractivity (Wildman–Crippen MR) is 74.6 cm³/mol. The second-order valence-electron chi connectivity index (χ2n) is 4.91. The van der Waals surface area contributed by atoms with Gasteiger partial charge in [-0.15, -0.1) is 0 Å². The van der Waals surface area contributed by atoms with Crippen LogP contribution in [0.2, 0.25) is 0 Å². The van der Waals surface area contributed by atoms with E-state index in [2.05, 4.69) is 11.1 Å². The van der Waals surface area contributed by atoms with Crippen molar-refractivity contribution < 1.29 is 43.0 Å². The van der Waals surface area contributed by atoms with Crippen molar-refractivity contribution >= 4 is 11.9 Å². The van der Waals surface area contributed by atoms with Crippen molar-refractivity contribution in [3.05, 3.63) is 23.8 Å². The maximum atomic E-state index is 11.8. The van der Waals surface area contributed by atoms with E-state index in [1.165, 1.54) is 18.2 Å². The summed E-state index contributed by atoms with van der Waals surface area (Å²) < 4.78 is 0. The van der Waals surface area contributed by atoms with Gasteiger partial charge in [0.2, 0.25) is 0 Å². The molecule has 0 saturated heterocycles. The fourth-order valence-corrected chi connectivity index (χ4v) is 1.90. The van der Waals surface area contributed by atoms with Gasteiger partial charge in [-0.2, -0.15) is 0 Å². The third-order valence-corrected chi connectivity index (χ3v) is 3.10. The van der Waals surface area contributed by atoms with Crippen LogP contribution in [0, 0.1) is 0 Å². The summed E-state index contributed by atoms with van der Waals surface area (Å²) in [6.07, 6.45) is 1.37. The van der Waals surface area contributed by atoms with Crippen LogP contribution in [-0.4, -0.2) is 39.3 Å². The van der Waals surface area contributed by atoms with E-state index in [0.29, 0.717) is 12.0 Å². The summed E-state index contributed by atoms with van der Waals surface area (Å²) in [5.74, 6) is -2.19. The van der Waals surface area contributed by atoms with Crippen molar-refractivity contribution in [2.75, 3.05) is 0 Å². The van der Waals surface area contributed by atoms with Gasteiger partial charge < -0.3 is 38.8 Å². The van der Waals surface area contributed by atoms with Crippen molar-refractivity contribution in [3.63, 3.8) is 0 Å². The first kappa shape index (κ1) is 20.0. The summed E-state index contributed by atoms with van der Waals surface area (Å²) in [6, 6.07) is 2.43. The molecule has 7 nitrogen and oxygen atoms in total. The Balaban J connectivity index is 0.00000441. The lowest BCUT2D eigenvalue weighted by molar-refractivity contribution is -0.405. The zero-order chi connectivity index (χ0) is 16.0. The number of aromatic hydroxyl groups is 2. The van der Waals surface area contributed by atoms with E-state index in [-0.39, 0.29) is 30.3 Å². The molecule has 124 valence electrons. The molecule has 8 heteroatoms. The molecular formula is C14H21ClN2O5. The number of phenols is 2. The lowest BCUT2D eigenvalue weighted by Crippen LogP contribution is -3.00. The number of aliphatic carboxylic acids is 1. The van der Waals surface area contributed by atoms with E-state index in [1.807, 2.05) is 6.92 Å². The number of carbonyl (C=O) groups excluding carboxylic acids is 1. The molecule has 0 aliphatic carbocycles. The molecule has 0 aromatic heterocycles. The van der Waals surface area contributed by atoms with Crippen LogP contribution in [0.5, 0.6) is 11.5 Å². The lowest BCUT2D eigenvalue weighted by atomic mass is 10.0. The van der Waals surface area contributed by atoms with E-state index >= 15 is 0 Å². The topological polar surface area (TPSA) is 134 Å². The highest BCUT2D eigenvalue weighted by Gasteiger charge is 2.25. The number of rotatable bonds is 7. The van der Waals surface area contributed by atoms with Crippen LogP contribution in [0.15, 0.2) is 18.2 Å². The van der Waals surface area contributed by atoms with Gasteiger partial charge in [0.05, 0.1) is 0 Å². The molecule has 0 fully saturated rings. The first-order valence-electron chi connectivity index (χ1n) is 6.72. The minimum absolute atomic E-state index is 0. The zero-order valence-corrected chi connectivity index (χ0v) is 13.0. The van der Waals surface area contributed by atoms with E-state index < -0.39 is 24.0 Å². The number of carboxylic acid groups (broad SMARTS) is 1. The quantitative estimate of drug-likeness (QED) is 0.332. The van der Waals surface area contributed by atoms with E-state index in [0.717, 1.165) is 6.42 Å². The number of quaternary nitrogens is 1. The predicted octanol–water partition coefficient (Wildman–Crippen LogP) is -3.38. The number of carbonyl (C=O) groups is 2. The summed E-state index contributed by atoms with van der Waals surface area (Å²) in [7, 11) is 0. The maximum Gasteiger partial charge on any atom is 0.326 e. The van der Waals surface area contributed by atoms with Gasteiger partial charge >= 0.3 is 5.97 Å². The first-order valence-corrected chi connectivity index (χ1v) is 6.72. The van der Waals surface area contributed by atoms with Crippen molar-refractivity contribution in [3.8, 4) is 11.5 Å². The van der Waals surface area contributed by atoms with Crippen molar-refractivity contribution in [1.29, 1.82) is 0 Å². The van der Waals surface area contributed by atoms with Crippen molar-refractivity contribution in [2.24, 2.45) is 0 Å². The molecule has 0 bridgehead atoms. The van der Waals surface area contributed by atoms with Crippen LogP contribution in [0.1, 0.15) is 25.3 Å². The Hall–Kier alpha value is -1.99. The number of nitrogens with one attached hydrogen (secondary N) is 1. The van der Waals surface area contributed by atoms with Crippen LogP contribution in [0.3, 0.4) is 0 Å². The maximum absolute atomic E-state index is 11.8. The molecule has 1 aromatic carbocycles. The monoisotopic (exact) mass is 332 g/mol. The van der Waals surface area contributed by atoms with Gasteiger partial charge in [0.15, 0.2) is 17.5 Å². The fourth-order valence-electron chi connectivity index (χ4n) is 1.90. The van der Waals surface area contributed by atoms with Crippen LogP contribution < -0.4 is 23.5 Å². The molecule has 0 saturated carbocycles. The summed E-state index contributed by atoms with van der Waals surface area (Å²) in [6.45, 7) is 1.92. The van der Waals surface area contributed by atoms with E-state index in [9.17, 15) is 24.9 Å². The van der Waals surface area contributed by atoms with Crippen LogP contribution in [0.25, 0.3) is 0 Å². The molecule has 0 aliphatic heterocycles. The highest BCUT2D eigenvalue weighted by Crippen LogP contribution is 2.25. The number of hydrogen-bond acceptors (Lipinski definition) is 4. The van der Waals surface area contributed by atoms with Crippen LogP contribution >= 0.6 is 0 Å². The van der Waals surface area contributed by atoms with Gasteiger partial charge in [-0.1, -0.05) is 13.0 Å². The Kier molecular flexibility index (Phi) is 8.29. The van der Waals surface area contributed by atoms with Gasteiger partial charge in [-0.05, 0) is 24.1 Å². The van der Waals surface area contributed by atoms with Crippen molar-refractivity contribution in [1.82, 2.24) is 5.32 Å². The highest BCUT2D eigenvalue weighted by molar-refractivity contribution is 5.86. The van der Waals surface area contributed by atoms with Crippen molar-refractivity contribution in [2.45, 2.75) is 38.3 Å². The molecule has 1 aromatic rings. The molecule has 0 unspecified atom stereocenters. The number of benzene rings is 1. The van der Waals surface area contributed by atoms with Crippen LogP contribution in [-0.2, 0) is 16.0 Å². The van der Waals surface area contributed by atoms with Gasteiger partial charge in [-0.3, -0.25) is 4.79 Å². The van der Waals surface area contributed by atoms with E-state index in [4.69, 9.17) is 0 Å². The smallest absolute Gasteiger partial charge is 0.326 e. The van der Waals surface area contributed by atoms with Gasteiger partial charge in [-0.25, -0.2) is 4.79 Å². The normalized spacial score (nSPS) is 12.8. The standard InChI is InChI=1S/C14H20N2O5.ClH/c1-2-3-9(15)13(19)16-10(14(20)21)6-8-4-5-11(17)12(18)7-8;/h4-5,7,9-10,17-18H,2-3,6,15H2,1H3,(H,16,19)(H,20,21);1H/t9-,10-;/m0./s1. The Morgan fingerprint density at radius 3 is 2.41 bits per heavy atom. The number of amides is 1. The summed E-state index contributed by atoms with van der Waals surface area (Å²) in [4.78, 5) is 23.1. The zero-order valence-electron chi connectivity index (χ0n) is 12.3. The number of phenolic OH excluding ortho intramolecular Hbond substituents is 2. The molecule has 0 aliphatic rings. The largest absolute Gasteiger partial charge is 1.00 e. The molecule has 0 heterocycles. The second-order valence-corrected chi connectivity index (χ2v) is 4.91. The molecule has 1 rings (SSSR count). The number of hydrogen-bond donors (Lipinski definition) is 5. The minimum Gasteiger partial charge on any atom is -1.00 e. The first-order chi connectivity index (χ1) is 9.85. The fraction of sp³-hybridized carbons (Fsp3) is 0.429. The lowest BCUT2D eigenvalue weighted by Gasteiger charge is -2.16. The third-order valence-electron chi connectivity index (χ3n) is 3.10. The van der Waals surface area contributed by atoms with Crippen LogP contribution in [0.4, 0.5) is 0 Å². The number of carboxylic acids is 1. The van der Waals surface area contributed by atoms with Gasteiger partial charge in [0.1, 0.15) is 6.04 Å². The Morgan fingerprint density at radius 2 is 1.91 bits per heavy atom. The summed E-state index contributed by atoms with van der Waals surface area (Å²) in [5.41, 5.74) is 4.19. The van der Waals surface area contributed by atoms with Gasteiger partial charge in [0.25, 0.3) is 5.91 Å².